The molecule has 180 valence electrons. The zero-order valence-electron chi connectivity index (χ0n) is 19.5. The number of ether oxygens (including phenoxy) is 1. The number of hydrogen-bond acceptors (Lipinski definition) is 7. The summed E-state index contributed by atoms with van der Waals surface area (Å²) in [7, 11) is -0.423. The van der Waals surface area contributed by atoms with Gasteiger partial charge in [0.1, 0.15) is 11.6 Å². The van der Waals surface area contributed by atoms with E-state index in [0.29, 0.717) is 23.7 Å². The van der Waals surface area contributed by atoms with Crippen molar-refractivity contribution in [1.29, 1.82) is 0 Å². The number of anilines is 2. The topological polar surface area (TPSA) is 114 Å². The number of nitrogens with zero attached hydrogens (tertiary/aromatic N) is 3. The molecule has 0 bridgehead atoms. The first-order valence-corrected chi connectivity index (χ1v) is 12.6. The van der Waals surface area contributed by atoms with E-state index in [2.05, 4.69) is 20.6 Å². The van der Waals surface area contributed by atoms with Crippen molar-refractivity contribution in [3.05, 3.63) is 54.2 Å². The molecular formula is C24H29N5O4S. The fourth-order valence-electron chi connectivity index (χ4n) is 3.97. The van der Waals surface area contributed by atoms with Gasteiger partial charge in [-0.05, 0) is 61.7 Å². The van der Waals surface area contributed by atoms with Crippen LogP contribution >= 0.6 is 0 Å². The van der Waals surface area contributed by atoms with Crippen molar-refractivity contribution in [3.63, 3.8) is 0 Å². The van der Waals surface area contributed by atoms with Gasteiger partial charge in [0.25, 0.3) is 0 Å². The molecule has 0 spiro atoms. The molecule has 0 aliphatic heterocycles. The number of hydrogen-bond donors (Lipinski definition) is 2. The van der Waals surface area contributed by atoms with Crippen LogP contribution in [0.5, 0.6) is 0 Å². The molecule has 1 amide bonds. The Labute approximate surface area is 199 Å². The molecule has 0 saturated heterocycles. The van der Waals surface area contributed by atoms with Crippen LogP contribution in [0.25, 0.3) is 10.9 Å². The fraction of sp³-hybridized carbons (Fsp3) is 0.375. The molecule has 2 aromatic heterocycles. The Bertz CT molecular complexity index is 1300. The molecule has 2 unspecified atom stereocenters. The smallest absolute Gasteiger partial charge is 0.243 e. The summed E-state index contributed by atoms with van der Waals surface area (Å²) in [5, 5.41) is 6.66. The second kappa shape index (κ2) is 10.0. The third-order valence-corrected chi connectivity index (χ3v) is 8.09. The molecule has 34 heavy (non-hydrogen) atoms. The molecule has 9 nitrogen and oxygen atoms in total. The van der Waals surface area contributed by atoms with Gasteiger partial charge in [-0.3, -0.25) is 4.79 Å². The van der Waals surface area contributed by atoms with Crippen LogP contribution in [0.15, 0.2) is 53.6 Å². The van der Waals surface area contributed by atoms with Crippen molar-refractivity contribution in [2.24, 2.45) is 0 Å². The normalized spacial score (nSPS) is 18.0. The van der Waals surface area contributed by atoms with Gasteiger partial charge in [-0.1, -0.05) is 6.07 Å². The van der Waals surface area contributed by atoms with Crippen molar-refractivity contribution in [2.45, 2.75) is 43.2 Å². The molecule has 10 heteroatoms. The van der Waals surface area contributed by atoms with Gasteiger partial charge in [0.2, 0.25) is 15.9 Å². The summed E-state index contributed by atoms with van der Waals surface area (Å²) in [5.74, 6) is 1.03. The highest BCUT2D eigenvalue weighted by atomic mass is 32.2. The van der Waals surface area contributed by atoms with Crippen LogP contribution < -0.4 is 10.6 Å². The highest BCUT2D eigenvalue weighted by Gasteiger charge is 2.39. The number of benzene rings is 1. The number of aryl methyl sites for hydroxylation is 1. The number of pyridine rings is 2. The minimum atomic E-state index is -3.64. The number of carbonyl (C=O) groups is 1. The number of aromatic nitrogens is 2. The predicted octanol–water partition coefficient (Wildman–Crippen LogP) is 3.18. The van der Waals surface area contributed by atoms with Gasteiger partial charge < -0.3 is 15.4 Å². The molecule has 2 heterocycles. The summed E-state index contributed by atoms with van der Waals surface area (Å²) in [6.07, 6.45) is 3.48. The summed E-state index contributed by atoms with van der Waals surface area (Å²) in [4.78, 5) is 21.1. The molecule has 0 radical (unpaired) electrons. The zero-order valence-corrected chi connectivity index (χ0v) is 20.3. The number of nitrogens with one attached hydrogen (secondary N) is 2. The van der Waals surface area contributed by atoms with Crippen molar-refractivity contribution >= 4 is 38.5 Å². The second-order valence-corrected chi connectivity index (χ2v) is 10.4. The second-order valence-electron chi connectivity index (χ2n) is 8.38. The van der Waals surface area contributed by atoms with Gasteiger partial charge in [0.05, 0.1) is 22.6 Å². The predicted molar refractivity (Wildman–Crippen MR) is 131 cm³/mol. The van der Waals surface area contributed by atoms with Crippen molar-refractivity contribution in [1.82, 2.24) is 14.3 Å². The first-order chi connectivity index (χ1) is 16.3. The average Bonchev–Trinajstić information content (AvgIpc) is 2.79. The van der Waals surface area contributed by atoms with Crippen LogP contribution in [0.2, 0.25) is 0 Å². The molecule has 4 rings (SSSR count). The van der Waals surface area contributed by atoms with E-state index in [-0.39, 0.29) is 29.4 Å². The van der Waals surface area contributed by atoms with Gasteiger partial charge >= 0.3 is 0 Å². The Morgan fingerprint density at radius 1 is 1.21 bits per heavy atom. The van der Waals surface area contributed by atoms with Crippen LogP contribution in [0.3, 0.4) is 0 Å². The summed E-state index contributed by atoms with van der Waals surface area (Å²) >= 11 is 0. The standard InChI is InChI=1S/C24H29N5O4S/c1-16-5-4-13-26-24(16)28-23(30)12-14-25-22-11-6-17-15-18(7-8-19(17)27-22)34(31,32)29(2)20-9-10-21(20)33-3/h4-8,11,13,15,20-21H,9-10,12,14H2,1-3H3,(H,25,27)(H,26,28,30). The quantitative estimate of drug-likeness (QED) is 0.480. The maximum atomic E-state index is 13.1. The number of sulfonamides is 1. The Kier molecular flexibility index (Phi) is 7.11. The van der Waals surface area contributed by atoms with E-state index in [9.17, 15) is 13.2 Å². The molecule has 2 N–H and O–H groups in total. The van der Waals surface area contributed by atoms with Crippen LogP contribution in [0, 0.1) is 6.92 Å². The van der Waals surface area contributed by atoms with Crippen LogP contribution in [0.1, 0.15) is 24.8 Å². The van der Waals surface area contributed by atoms with Gasteiger partial charge in [-0.2, -0.15) is 4.31 Å². The summed E-state index contributed by atoms with van der Waals surface area (Å²) in [5.41, 5.74) is 1.57. The van der Waals surface area contributed by atoms with Crippen molar-refractivity contribution in [2.75, 3.05) is 31.3 Å². The van der Waals surface area contributed by atoms with E-state index >= 15 is 0 Å². The third kappa shape index (κ3) is 5.03. The maximum absolute atomic E-state index is 13.1. The molecular weight excluding hydrogens is 454 g/mol. The number of likely N-dealkylation sites (N-methyl/N-ethyl adjacent to an activating group) is 1. The Balaban J connectivity index is 1.38. The van der Waals surface area contributed by atoms with E-state index in [0.717, 1.165) is 23.8 Å². The SMILES string of the molecule is COC1CCC1N(C)S(=O)(=O)c1ccc2nc(NCCC(=O)Nc3ncccc3C)ccc2c1. The molecule has 1 aromatic carbocycles. The highest BCUT2D eigenvalue weighted by Crippen LogP contribution is 2.31. The Morgan fingerprint density at radius 3 is 2.74 bits per heavy atom. The lowest BCUT2D eigenvalue weighted by Crippen LogP contribution is -2.51. The van der Waals surface area contributed by atoms with Gasteiger partial charge in [0.15, 0.2) is 0 Å². The Hall–Kier alpha value is -3.08. The number of fused-ring (bicyclic) bond motifs is 1. The molecule has 1 fully saturated rings. The average molecular weight is 484 g/mol. The molecule has 3 aromatic rings. The van der Waals surface area contributed by atoms with Crippen LogP contribution in [0.4, 0.5) is 11.6 Å². The monoisotopic (exact) mass is 483 g/mol. The van der Waals surface area contributed by atoms with Gasteiger partial charge in [-0.15, -0.1) is 0 Å². The Morgan fingerprint density at radius 2 is 2.03 bits per heavy atom. The zero-order chi connectivity index (χ0) is 24.3. The van der Waals surface area contributed by atoms with E-state index in [1.807, 2.05) is 25.1 Å². The van der Waals surface area contributed by atoms with E-state index < -0.39 is 10.0 Å². The fourth-order valence-corrected chi connectivity index (χ4v) is 5.41. The highest BCUT2D eigenvalue weighted by molar-refractivity contribution is 7.89. The van der Waals surface area contributed by atoms with Crippen LogP contribution in [-0.2, 0) is 19.6 Å². The first-order valence-electron chi connectivity index (χ1n) is 11.2. The minimum Gasteiger partial charge on any atom is -0.380 e. The number of amides is 1. The van der Waals surface area contributed by atoms with E-state index in [1.165, 1.54) is 4.31 Å². The molecule has 1 aliphatic rings. The number of methoxy groups -OCH3 is 1. The molecule has 1 saturated carbocycles. The summed E-state index contributed by atoms with van der Waals surface area (Å²) < 4.78 is 33.0. The number of rotatable bonds is 9. The molecule has 2 atom stereocenters. The van der Waals surface area contributed by atoms with Gasteiger partial charge in [0, 0.05) is 38.7 Å². The van der Waals surface area contributed by atoms with E-state index in [1.54, 1.807) is 44.6 Å². The van der Waals surface area contributed by atoms with Crippen LogP contribution in [-0.4, -0.2) is 61.4 Å². The molecule has 1 aliphatic carbocycles. The van der Waals surface area contributed by atoms with Crippen molar-refractivity contribution in [3.8, 4) is 0 Å². The largest absolute Gasteiger partial charge is 0.380 e. The van der Waals surface area contributed by atoms with Crippen molar-refractivity contribution < 1.29 is 17.9 Å². The van der Waals surface area contributed by atoms with Gasteiger partial charge in [-0.25, -0.2) is 18.4 Å². The summed E-state index contributed by atoms with van der Waals surface area (Å²) in [6, 6.07) is 12.1. The lowest BCUT2D eigenvalue weighted by molar-refractivity contribution is -0.116. The van der Waals surface area contributed by atoms with E-state index in [4.69, 9.17) is 4.74 Å². The third-order valence-electron chi connectivity index (χ3n) is 6.21. The lowest BCUT2D eigenvalue weighted by Gasteiger charge is -2.40. The minimum absolute atomic E-state index is 0.0643. The number of carbonyl (C=O) groups excluding carboxylic acids is 1. The maximum Gasteiger partial charge on any atom is 0.243 e. The summed E-state index contributed by atoms with van der Waals surface area (Å²) in [6.45, 7) is 2.29. The lowest BCUT2D eigenvalue weighted by atomic mass is 9.89. The first kappa shape index (κ1) is 24.1.